The molecule has 3 aromatic rings. The van der Waals surface area contributed by atoms with Crippen molar-refractivity contribution in [3.8, 4) is 0 Å². The van der Waals surface area contributed by atoms with Crippen LogP contribution in [0, 0.1) is 13.8 Å². The van der Waals surface area contributed by atoms with Crippen molar-refractivity contribution in [2.75, 3.05) is 6.54 Å². The highest BCUT2D eigenvalue weighted by atomic mass is 16.1. The van der Waals surface area contributed by atoms with Gasteiger partial charge in [-0.1, -0.05) is 6.07 Å². The molecule has 5 nitrogen and oxygen atoms in total. The molecule has 0 radical (unpaired) electrons. The van der Waals surface area contributed by atoms with Crippen molar-refractivity contribution in [1.82, 2.24) is 19.9 Å². The molecule has 1 aliphatic rings. The lowest BCUT2D eigenvalue weighted by molar-refractivity contribution is 0.0943. The Balaban J connectivity index is 1.33. The van der Waals surface area contributed by atoms with Crippen molar-refractivity contribution < 1.29 is 4.79 Å². The molecular weight excluding hydrogens is 312 g/mol. The first-order valence-electron chi connectivity index (χ1n) is 9.03. The molecule has 0 saturated heterocycles. The summed E-state index contributed by atoms with van der Waals surface area (Å²) >= 11 is 0. The van der Waals surface area contributed by atoms with E-state index in [0.29, 0.717) is 12.6 Å². The third-order valence-corrected chi connectivity index (χ3v) is 5.06. The summed E-state index contributed by atoms with van der Waals surface area (Å²) in [6.45, 7) is 4.87. The van der Waals surface area contributed by atoms with Gasteiger partial charge in [-0.25, -0.2) is 4.98 Å². The Labute approximate surface area is 147 Å². The number of benzene rings is 1. The van der Waals surface area contributed by atoms with Gasteiger partial charge < -0.3 is 14.9 Å². The highest BCUT2D eigenvalue weighted by Crippen LogP contribution is 2.35. The molecule has 1 aliphatic carbocycles. The van der Waals surface area contributed by atoms with Gasteiger partial charge >= 0.3 is 0 Å². The molecule has 1 saturated carbocycles. The summed E-state index contributed by atoms with van der Waals surface area (Å²) in [6, 6.07) is 8.58. The molecule has 0 bridgehead atoms. The minimum absolute atomic E-state index is 0.0213. The number of carbonyl (C=O) groups is 1. The van der Waals surface area contributed by atoms with Crippen LogP contribution in [0.3, 0.4) is 0 Å². The molecule has 1 aromatic carbocycles. The van der Waals surface area contributed by atoms with Gasteiger partial charge in [0, 0.05) is 25.2 Å². The summed E-state index contributed by atoms with van der Waals surface area (Å²) in [5, 5.41) is 3.03. The lowest BCUT2D eigenvalue weighted by atomic mass is 10.1. The standard InChI is InChI=1S/C20H24N4O/c1-13-7-10-16-19(14(13)2)23-18(22-16)6-3-11-21-20(25)17-5-4-12-24(17)15-8-9-15/h4-5,7,10,12,15H,3,6,8-9,11H2,1-2H3,(H,21,25)(H,22,23). The molecule has 130 valence electrons. The lowest BCUT2D eigenvalue weighted by Gasteiger charge is -2.08. The van der Waals surface area contributed by atoms with Crippen LogP contribution in [0.25, 0.3) is 11.0 Å². The molecule has 4 rings (SSSR count). The average molecular weight is 336 g/mol. The Morgan fingerprint density at radius 3 is 2.96 bits per heavy atom. The van der Waals surface area contributed by atoms with Crippen molar-refractivity contribution in [1.29, 1.82) is 0 Å². The first-order chi connectivity index (χ1) is 12.1. The third kappa shape index (κ3) is 3.18. The predicted molar refractivity (Wildman–Crippen MR) is 98.9 cm³/mol. The maximum atomic E-state index is 12.3. The van der Waals surface area contributed by atoms with Crippen LogP contribution >= 0.6 is 0 Å². The number of hydrogen-bond acceptors (Lipinski definition) is 2. The Morgan fingerprint density at radius 1 is 1.32 bits per heavy atom. The molecule has 0 aliphatic heterocycles. The summed E-state index contributed by atoms with van der Waals surface area (Å²) in [5.41, 5.74) is 5.41. The molecule has 1 fully saturated rings. The number of nitrogens with one attached hydrogen (secondary N) is 2. The number of imidazole rings is 1. The third-order valence-electron chi connectivity index (χ3n) is 5.06. The topological polar surface area (TPSA) is 62.7 Å². The number of carbonyl (C=O) groups excluding carboxylic acids is 1. The van der Waals surface area contributed by atoms with Crippen LogP contribution in [0.4, 0.5) is 0 Å². The summed E-state index contributed by atoms with van der Waals surface area (Å²) < 4.78 is 2.10. The highest BCUT2D eigenvalue weighted by molar-refractivity contribution is 5.92. The van der Waals surface area contributed by atoms with Crippen LogP contribution in [-0.4, -0.2) is 27.0 Å². The molecule has 0 unspecified atom stereocenters. The van der Waals surface area contributed by atoms with E-state index in [-0.39, 0.29) is 5.91 Å². The monoisotopic (exact) mass is 336 g/mol. The van der Waals surface area contributed by atoms with Gasteiger partial charge in [0.15, 0.2) is 0 Å². The molecule has 0 atom stereocenters. The van der Waals surface area contributed by atoms with Crippen LogP contribution in [0.2, 0.25) is 0 Å². The van der Waals surface area contributed by atoms with Crippen LogP contribution in [0.5, 0.6) is 0 Å². The first kappa shape index (κ1) is 15.9. The van der Waals surface area contributed by atoms with Crippen molar-refractivity contribution in [3.05, 3.63) is 53.1 Å². The smallest absolute Gasteiger partial charge is 0.267 e. The van der Waals surface area contributed by atoms with Crippen LogP contribution < -0.4 is 5.32 Å². The average Bonchev–Trinajstić information content (AvgIpc) is 3.18. The second-order valence-corrected chi connectivity index (χ2v) is 6.98. The van der Waals surface area contributed by atoms with E-state index in [9.17, 15) is 4.79 Å². The molecule has 0 spiro atoms. The van der Waals surface area contributed by atoms with Crippen molar-refractivity contribution in [2.24, 2.45) is 0 Å². The van der Waals surface area contributed by atoms with Gasteiger partial charge in [-0.2, -0.15) is 0 Å². The number of aromatic nitrogens is 3. The molecule has 2 heterocycles. The molecule has 2 N–H and O–H groups in total. The Morgan fingerprint density at radius 2 is 2.16 bits per heavy atom. The fourth-order valence-corrected chi connectivity index (χ4v) is 3.29. The normalized spacial score (nSPS) is 14.2. The largest absolute Gasteiger partial charge is 0.351 e. The fourth-order valence-electron chi connectivity index (χ4n) is 3.29. The van der Waals surface area contributed by atoms with Crippen LogP contribution in [0.1, 0.15) is 52.7 Å². The number of nitrogens with zero attached hydrogens (tertiary/aromatic N) is 2. The Bertz CT molecular complexity index is 917. The van der Waals surface area contributed by atoms with E-state index in [0.717, 1.165) is 35.4 Å². The molecule has 5 heteroatoms. The van der Waals surface area contributed by atoms with Crippen LogP contribution in [0.15, 0.2) is 30.5 Å². The van der Waals surface area contributed by atoms with E-state index in [1.807, 2.05) is 18.3 Å². The summed E-state index contributed by atoms with van der Waals surface area (Å²) in [4.78, 5) is 20.4. The van der Waals surface area contributed by atoms with Crippen molar-refractivity contribution in [2.45, 2.75) is 45.6 Å². The minimum Gasteiger partial charge on any atom is -0.351 e. The number of aryl methyl sites for hydroxylation is 3. The van der Waals surface area contributed by atoms with Gasteiger partial charge in [0.2, 0.25) is 0 Å². The second-order valence-electron chi connectivity index (χ2n) is 6.98. The Kier molecular flexibility index (Phi) is 4.07. The SMILES string of the molecule is Cc1ccc2[nH]c(CCCNC(=O)c3cccn3C3CC3)nc2c1C. The van der Waals surface area contributed by atoms with Crippen LogP contribution in [-0.2, 0) is 6.42 Å². The number of amides is 1. The van der Waals surface area contributed by atoms with Crippen molar-refractivity contribution in [3.63, 3.8) is 0 Å². The van der Waals surface area contributed by atoms with Crippen molar-refractivity contribution >= 4 is 16.9 Å². The van der Waals surface area contributed by atoms with Gasteiger partial charge in [-0.15, -0.1) is 0 Å². The van der Waals surface area contributed by atoms with Gasteiger partial charge in [0.1, 0.15) is 11.5 Å². The minimum atomic E-state index is 0.0213. The van der Waals surface area contributed by atoms with E-state index in [2.05, 4.69) is 40.8 Å². The van der Waals surface area contributed by atoms with Gasteiger partial charge in [0.25, 0.3) is 5.91 Å². The maximum absolute atomic E-state index is 12.3. The van der Waals surface area contributed by atoms with Gasteiger partial charge in [-0.3, -0.25) is 4.79 Å². The first-order valence-corrected chi connectivity index (χ1v) is 9.03. The van der Waals surface area contributed by atoms with E-state index in [1.165, 1.54) is 24.0 Å². The quantitative estimate of drug-likeness (QED) is 0.675. The lowest BCUT2D eigenvalue weighted by Crippen LogP contribution is -2.27. The second kappa shape index (κ2) is 6.39. The predicted octanol–water partition coefficient (Wildman–Crippen LogP) is 3.68. The maximum Gasteiger partial charge on any atom is 0.267 e. The number of rotatable bonds is 6. The Hall–Kier alpha value is -2.56. The number of aromatic amines is 1. The zero-order valence-electron chi connectivity index (χ0n) is 14.8. The molecule has 25 heavy (non-hydrogen) atoms. The van der Waals surface area contributed by atoms with Gasteiger partial charge in [0.05, 0.1) is 11.0 Å². The zero-order chi connectivity index (χ0) is 17.4. The van der Waals surface area contributed by atoms with E-state index in [1.54, 1.807) is 0 Å². The van der Waals surface area contributed by atoms with Gasteiger partial charge in [-0.05, 0) is 62.4 Å². The molecule has 1 amide bonds. The summed E-state index contributed by atoms with van der Waals surface area (Å²) in [6.07, 6.45) is 6.07. The number of H-pyrrole nitrogens is 1. The summed E-state index contributed by atoms with van der Waals surface area (Å²) in [7, 11) is 0. The van der Waals surface area contributed by atoms with E-state index in [4.69, 9.17) is 4.98 Å². The van der Waals surface area contributed by atoms with E-state index >= 15 is 0 Å². The number of fused-ring (bicyclic) bond motifs is 1. The summed E-state index contributed by atoms with van der Waals surface area (Å²) in [5.74, 6) is 1.01. The van der Waals surface area contributed by atoms with E-state index < -0.39 is 0 Å². The molecular formula is C20H24N4O. The highest BCUT2D eigenvalue weighted by Gasteiger charge is 2.26. The molecule has 2 aromatic heterocycles. The number of hydrogen-bond donors (Lipinski definition) is 2. The zero-order valence-corrected chi connectivity index (χ0v) is 14.8. The fraction of sp³-hybridized carbons (Fsp3) is 0.400.